The molecule has 0 aromatic heterocycles. The number of carbonyl (C=O) groups is 1. The monoisotopic (exact) mass is 213 g/mol. The molecule has 2 heteroatoms. The first-order valence-corrected chi connectivity index (χ1v) is 5.73. The molecule has 2 unspecified atom stereocenters. The molecule has 1 saturated heterocycles. The first-order chi connectivity index (χ1) is 7.76. The van der Waals surface area contributed by atoms with E-state index >= 15 is 0 Å². The predicted octanol–water partition coefficient (Wildman–Crippen LogP) is 1.97. The molecule has 2 atom stereocenters. The van der Waals surface area contributed by atoms with E-state index in [9.17, 15) is 4.79 Å². The topological polar surface area (TPSA) is 20.3 Å². The SMILES string of the molecule is C=CC(=O)N1CC2CC2(c2ccccc2)C1. The van der Waals surface area contributed by atoms with E-state index in [1.54, 1.807) is 0 Å². The lowest BCUT2D eigenvalue weighted by molar-refractivity contribution is -0.125. The van der Waals surface area contributed by atoms with E-state index in [0.717, 1.165) is 13.1 Å². The Kier molecular flexibility index (Phi) is 1.93. The molecule has 2 nitrogen and oxygen atoms in total. The minimum Gasteiger partial charge on any atom is -0.338 e. The van der Waals surface area contributed by atoms with Gasteiger partial charge in [0.25, 0.3) is 0 Å². The highest BCUT2D eigenvalue weighted by Gasteiger charge is 2.61. The van der Waals surface area contributed by atoms with Crippen LogP contribution in [-0.2, 0) is 10.2 Å². The maximum Gasteiger partial charge on any atom is 0.245 e. The highest BCUT2D eigenvalue weighted by Crippen LogP contribution is 2.58. The average Bonchev–Trinajstić information content (AvgIpc) is 2.92. The summed E-state index contributed by atoms with van der Waals surface area (Å²) in [5.74, 6) is 0.737. The summed E-state index contributed by atoms with van der Waals surface area (Å²) in [5.41, 5.74) is 1.65. The van der Waals surface area contributed by atoms with Gasteiger partial charge in [0.05, 0.1) is 0 Å². The van der Waals surface area contributed by atoms with Gasteiger partial charge in [-0.3, -0.25) is 4.79 Å². The molecule has 1 saturated carbocycles. The minimum atomic E-state index is 0.0718. The van der Waals surface area contributed by atoms with Gasteiger partial charge in [0, 0.05) is 18.5 Å². The maximum atomic E-state index is 11.6. The number of piperidine rings is 1. The van der Waals surface area contributed by atoms with E-state index in [0.29, 0.717) is 5.92 Å². The largest absolute Gasteiger partial charge is 0.338 e. The zero-order valence-corrected chi connectivity index (χ0v) is 9.23. The number of benzene rings is 1. The molecule has 1 aliphatic heterocycles. The molecule has 2 aliphatic rings. The van der Waals surface area contributed by atoms with Gasteiger partial charge in [-0.15, -0.1) is 0 Å². The summed E-state index contributed by atoms with van der Waals surface area (Å²) in [6.07, 6.45) is 2.65. The molecule has 82 valence electrons. The first kappa shape index (κ1) is 9.64. The molecule has 1 aromatic rings. The Morgan fingerprint density at radius 3 is 2.88 bits per heavy atom. The number of amides is 1. The van der Waals surface area contributed by atoms with Gasteiger partial charge in [0.15, 0.2) is 0 Å². The number of nitrogens with zero attached hydrogens (tertiary/aromatic N) is 1. The van der Waals surface area contributed by atoms with Crippen molar-refractivity contribution in [3.8, 4) is 0 Å². The molecule has 0 radical (unpaired) electrons. The van der Waals surface area contributed by atoms with Crippen LogP contribution in [0.5, 0.6) is 0 Å². The van der Waals surface area contributed by atoms with Crippen molar-refractivity contribution < 1.29 is 4.79 Å². The Morgan fingerprint density at radius 2 is 2.19 bits per heavy atom. The minimum absolute atomic E-state index is 0.0718. The van der Waals surface area contributed by atoms with Crippen LogP contribution in [0.3, 0.4) is 0 Å². The van der Waals surface area contributed by atoms with E-state index in [1.165, 1.54) is 18.1 Å². The van der Waals surface area contributed by atoms with Crippen molar-refractivity contribution in [1.29, 1.82) is 0 Å². The van der Waals surface area contributed by atoms with E-state index in [2.05, 4.69) is 30.8 Å². The second kappa shape index (κ2) is 3.21. The van der Waals surface area contributed by atoms with Crippen LogP contribution in [0.2, 0.25) is 0 Å². The van der Waals surface area contributed by atoms with E-state index in [1.807, 2.05) is 11.0 Å². The molecule has 0 bridgehead atoms. The van der Waals surface area contributed by atoms with Gasteiger partial charge in [0.2, 0.25) is 5.91 Å². The number of hydrogen-bond acceptors (Lipinski definition) is 1. The van der Waals surface area contributed by atoms with Crippen LogP contribution in [-0.4, -0.2) is 23.9 Å². The van der Waals surface area contributed by atoms with Crippen molar-refractivity contribution in [3.05, 3.63) is 48.6 Å². The molecule has 0 N–H and O–H groups in total. The Hall–Kier alpha value is -1.57. The highest BCUT2D eigenvalue weighted by atomic mass is 16.2. The van der Waals surface area contributed by atoms with Crippen molar-refractivity contribution in [2.24, 2.45) is 5.92 Å². The Balaban J connectivity index is 1.84. The lowest BCUT2D eigenvalue weighted by Gasteiger charge is -2.19. The summed E-state index contributed by atoms with van der Waals surface area (Å²) in [4.78, 5) is 13.5. The van der Waals surface area contributed by atoms with Crippen LogP contribution < -0.4 is 0 Å². The average molecular weight is 213 g/mol. The van der Waals surface area contributed by atoms with Gasteiger partial charge >= 0.3 is 0 Å². The van der Waals surface area contributed by atoms with Crippen LogP contribution in [0.4, 0.5) is 0 Å². The summed E-state index contributed by atoms with van der Waals surface area (Å²) in [7, 11) is 0. The number of hydrogen-bond donors (Lipinski definition) is 0. The summed E-state index contributed by atoms with van der Waals surface area (Å²) in [6, 6.07) is 10.6. The van der Waals surface area contributed by atoms with Crippen molar-refractivity contribution in [3.63, 3.8) is 0 Å². The smallest absolute Gasteiger partial charge is 0.245 e. The summed E-state index contributed by atoms with van der Waals surface area (Å²) in [5, 5.41) is 0. The fourth-order valence-electron chi connectivity index (χ4n) is 3.00. The lowest BCUT2D eigenvalue weighted by Crippen LogP contribution is -2.31. The third-order valence-corrected chi connectivity index (χ3v) is 3.98. The fourth-order valence-corrected chi connectivity index (χ4v) is 3.00. The third kappa shape index (κ3) is 1.22. The van der Waals surface area contributed by atoms with Crippen molar-refractivity contribution in [2.75, 3.05) is 13.1 Å². The predicted molar refractivity (Wildman–Crippen MR) is 63.0 cm³/mol. The first-order valence-electron chi connectivity index (χ1n) is 5.73. The van der Waals surface area contributed by atoms with E-state index in [-0.39, 0.29) is 11.3 Å². The van der Waals surface area contributed by atoms with Gasteiger partial charge in [-0.05, 0) is 24.0 Å². The molecule has 1 amide bonds. The number of fused-ring (bicyclic) bond motifs is 1. The van der Waals surface area contributed by atoms with Crippen molar-refractivity contribution >= 4 is 5.91 Å². The van der Waals surface area contributed by atoms with Crippen LogP contribution in [0.1, 0.15) is 12.0 Å². The third-order valence-electron chi connectivity index (χ3n) is 3.98. The number of rotatable bonds is 2. The Bertz CT molecular complexity index is 439. The van der Waals surface area contributed by atoms with Crippen LogP contribution in [0, 0.1) is 5.92 Å². The number of carbonyl (C=O) groups excluding carboxylic acids is 1. The zero-order chi connectivity index (χ0) is 11.2. The second-order valence-corrected chi connectivity index (χ2v) is 4.85. The lowest BCUT2D eigenvalue weighted by atomic mass is 9.95. The van der Waals surface area contributed by atoms with Crippen molar-refractivity contribution in [1.82, 2.24) is 4.90 Å². The summed E-state index contributed by atoms with van der Waals surface area (Å²) >= 11 is 0. The molecule has 1 aliphatic carbocycles. The molecule has 0 spiro atoms. The molecule has 16 heavy (non-hydrogen) atoms. The molecular weight excluding hydrogens is 198 g/mol. The second-order valence-electron chi connectivity index (χ2n) is 4.85. The Morgan fingerprint density at radius 1 is 1.44 bits per heavy atom. The van der Waals surface area contributed by atoms with Crippen molar-refractivity contribution in [2.45, 2.75) is 11.8 Å². The molecule has 2 fully saturated rings. The van der Waals surface area contributed by atoms with Gasteiger partial charge in [-0.1, -0.05) is 36.9 Å². The van der Waals surface area contributed by atoms with E-state index < -0.39 is 0 Å². The molecule has 1 heterocycles. The van der Waals surface area contributed by atoms with Crippen LogP contribution >= 0.6 is 0 Å². The Labute approximate surface area is 95.6 Å². The van der Waals surface area contributed by atoms with Gasteiger partial charge in [-0.25, -0.2) is 0 Å². The fraction of sp³-hybridized carbons (Fsp3) is 0.357. The van der Waals surface area contributed by atoms with Gasteiger partial charge < -0.3 is 4.90 Å². The quantitative estimate of drug-likeness (QED) is 0.688. The van der Waals surface area contributed by atoms with Gasteiger partial charge in [-0.2, -0.15) is 0 Å². The standard InChI is InChI=1S/C14H15NO/c1-2-13(16)15-9-12-8-14(12,10-15)11-6-4-3-5-7-11/h2-7,12H,1,8-10H2. The highest BCUT2D eigenvalue weighted by molar-refractivity contribution is 5.87. The summed E-state index contributed by atoms with van der Waals surface area (Å²) in [6.45, 7) is 5.32. The molecular formula is C14H15NO. The number of likely N-dealkylation sites (tertiary alicyclic amines) is 1. The zero-order valence-electron chi connectivity index (χ0n) is 9.23. The van der Waals surface area contributed by atoms with Gasteiger partial charge in [0.1, 0.15) is 0 Å². The summed E-state index contributed by atoms with van der Waals surface area (Å²) < 4.78 is 0. The molecule has 1 aromatic carbocycles. The van der Waals surface area contributed by atoms with Crippen LogP contribution in [0.15, 0.2) is 43.0 Å². The van der Waals surface area contributed by atoms with Crippen LogP contribution in [0.25, 0.3) is 0 Å². The maximum absolute atomic E-state index is 11.6. The van der Waals surface area contributed by atoms with E-state index in [4.69, 9.17) is 0 Å². The normalized spacial score (nSPS) is 31.0. The molecule has 3 rings (SSSR count).